The van der Waals surface area contributed by atoms with E-state index in [2.05, 4.69) is 26.6 Å². The van der Waals surface area contributed by atoms with Crippen LogP contribution in [0.1, 0.15) is 162 Å². The number of phenolic OH excluding ortho intramolecular Hbond substituents is 3. The summed E-state index contributed by atoms with van der Waals surface area (Å²) in [7, 11) is 7.05. The van der Waals surface area contributed by atoms with E-state index in [-0.39, 0.29) is 117 Å². The highest BCUT2D eigenvalue weighted by Gasteiger charge is 2.45. The fourth-order valence-corrected chi connectivity index (χ4v) is 10.8. The van der Waals surface area contributed by atoms with Crippen molar-refractivity contribution in [1.29, 1.82) is 0 Å². The van der Waals surface area contributed by atoms with Gasteiger partial charge in [-0.15, -0.1) is 0 Å². The van der Waals surface area contributed by atoms with E-state index >= 15 is 0 Å². The van der Waals surface area contributed by atoms with Gasteiger partial charge >= 0.3 is 17.9 Å². The maximum Gasteiger partial charge on any atom is 0.311 e. The number of nitrogens with one attached hydrogen (secondary N) is 5. The van der Waals surface area contributed by atoms with Gasteiger partial charge in [-0.25, -0.2) is 0 Å². The van der Waals surface area contributed by atoms with E-state index in [9.17, 15) is 64.3 Å². The summed E-state index contributed by atoms with van der Waals surface area (Å²) in [4.78, 5) is 100. The number of aromatic hydroxyl groups is 3. The van der Waals surface area contributed by atoms with Crippen LogP contribution in [0.15, 0.2) is 42.5 Å². The minimum atomic E-state index is -0.864. The highest BCUT2D eigenvalue weighted by molar-refractivity contribution is 5.85. The number of ether oxygens (including phenoxy) is 5. The molecule has 3 amide bonds. The zero-order valence-electron chi connectivity index (χ0n) is 61.4. The Morgan fingerprint density at radius 3 is 1.09 bits per heavy atom. The van der Waals surface area contributed by atoms with Gasteiger partial charge in [-0.1, -0.05) is 81.9 Å². The average Bonchev–Trinajstić information content (AvgIpc) is 0.846. The Kier molecular flexibility index (Phi) is 39.8. The van der Waals surface area contributed by atoms with Gasteiger partial charge in [0.15, 0.2) is 0 Å². The zero-order valence-corrected chi connectivity index (χ0v) is 61.4. The van der Waals surface area contributed by atoms with Crippen LogP contribution in [0.2, 0.25) is 0 Å². The monoisotopic (exact) mass is 1380 g/mol. The van der Waals surface area contributed by atoms with Gasteiger partial charge in [0.05, 0.1) is 51.4 Å². The number of carbonyl (C=O) groups excluding carboxylic acids is 6. The molecule has 3 atom stereocenters. The maximum absolute atomic E-state index is 12.9. The summed E-state index contributed by atoms with van der Waals surface area (Å²) in [6.07, 6.45) is 3.79. The van der Waals surface area contributed by atoms with Crippen LogP contribution in [0.25, 0.3) is 0 Å². The Morgan fingerprint density at radius 1 is 0.469 bits per heavy atom. The lowest BCUT2D eigenvalue weighted by Crippen LogP contribution is -2.43. The van der Waals surface area contributed by atoms with E-state index in [0.717, 1.165) is 23.3 Å². The van der Waals surface area contributed by atoms with Crippen molar-refractivity contribution in [3.05, 3.63) is 96.1 Å². The number of phenols is 3. The van der Waals surface area contributed by atoms with Gasteiger partial charge < -0.3 is 70.5 Å². The van der Waals surface area contributed by atoms with Crippen molar-refractivity contribution < 1.29 is 77.6 Å². The van der Waals surface area contributed by atoms with Gasteiger partial charge in [0.2, 0.25) is 17.7 Å². The van der Waals surface area contributed by atoms with Crippen LogP contribution in [0.3, 0.4) is 0 Å². The number of nitrogens with zero attached hydrogens (tertiary/aromatic N) is 3. The lowest BCUT2D eigenvalue weighted by molar-refractivity contribution is -0.385. The molecule has 0 saturated heterocycles. The molecule has 0 aliphatic carbocycles. The maximum atomic E-state index is 12.9. The number of rotatable bonds is 41. The minimum absolute atomic E-state index is 0. The number of benzene rings is 3. The minimum Gasteiger partial charge on any atom is -0.508 e. The summed E-state index contributed by atoms with van der Waals surface area (Å²) in [5.41, 5.74) is -1.38. The van der Waals surface area contributed by atoms with Gasteiger partial charge in [-0.3, -0.25) is 49.0 Å². The first-order valence-corrected chi connectivity index (χ1v) is 33.3. The molecule has 26 nitrogen and oxygen atoms in total. The first kappa shape index (κ1) is 90.5. The van der Waals surface area contributed by atoms with Crippen molar-refractivity contribution in [3.63, 3.8) is 0 Å². The zero-order chi connectivity index (χ0) is 74.1. The lowest BCUT2D eigenvalue weighted by Gasteiger charge is -2.34. The largest absolute Gasteiger partial charge is 0.508 e. The molecule has 3 aromatic carbocycles. The Morgan fingerprint density at radius 2 is 0.786 bits per heavy atom. The van der Waals surface area contributed by atoms with Crippen LogP contribution < -0.4 is 26.6 Å². The second-order valence-electron chi connectivity index (χ2n) is 27.8. The summed E-state index contributed by atoms with van der Waals surface area (Å²) in [6.45, 7) is 33.1. The first-order chi connectivity index (χ1) is 45.2. The summed E-state index contributed by atoms with van der Waals surface area (Å²) in [5.74, 6) is -1.53. The molecule has 8 N–H and O–H groups in total. The molecule has 0 aromatic heterocycles. The van der Waals surface area contributed by atoms with Crippen LogP contribution >= 0.6 is 0 Å². The molecule has 3 rings (SSSR count). The molecular formula is C72H120N8O18. The molecule has 0 heterocycles. The van der Waals surface area contributed by atoms with Gasteiger partial charge in [-0.2, -0.15) is 0 Å². The topological polar surface area (TPSA) is 359 Å². The lowest BCUT2D eigenvalue weighted by atomic mass is 9.72. The summed E-state index contributed by atoms with van der Waals surface area (Å²) >= 11 is 0. The number of methoxy groups -OCH3 is 2. The number of likely N-dealkylation sites (N-methyl/N-ethyl adjacent to an activating group) is 1. The third-order valence-electron chi connectivity index (χ3n) is 17.4. The van der Waals surface area contributed by atoms with Crippen molar-refractivity contribution in [2.75, 3.05) is 114 Å². The Bertz CT molecular complexity index is 3050. The molecule has 98 heavy (non-hydrogen) atoms. The van der Waals surface area contributed by atoms with Crippen LogP contribution in [0, 0.1) is 73.5 Å². The quantitative estimate of drug-likeness (QED) is 0.00861. The summed E-state index contributed by atoms with van der Waals surface area (Å²) in [5, 5.41) is 66.6. The smallest absolute Gasteiger partial charge is 0.311 e. The van der Waals surface area contributed by atoms with Crippen LogP contribution in [-0.2, 0) is 71.7 Å². The summed E-state index contributed by atoms with van der Waals surface area (Å²) < 4.78 is 26.3. The van der Waals surface area contributed by atoms with E-state index in [1.807, 2.05) is 86.5 Å². The van der Waals surface area contributed by atoms with Crippen LogP contribution in [-0.4, -0.2) is 179 Å². The van der Waals surface area contributed by atoms with Crippen molar-refractivity contribution in [2.24, 2.45) is 32.5 Å². The van der Waals surface area contributed by atoms with E-state index < -0.39 is 42.3 Å². The van der Waals surface area contributed by atoms with Crippen molar-refractivity contribution in [2.45, 2.75) is 169 Å². The number of hydrogen-bond acceptors (Lipinski definition) is 21. The molecule has 0 aliphatic rings. The van der Waals surface area contributed by atoms with Crippen LogP contribution in [0.5, 0.6) is 17.2 Å². The second-order valence-corrected chi connectivity index (χ2v) is 27.8. The fourth-order valence-electron chi connectivity index (χ4n) is 10.8. The third kappa shape index (κ3) is 30.7. The Hall–Kier alpha value is -7.52. The molecule has 3 aromatic rings. The predicted octanol–water partition coefficient (Wildman–Crippen LogP) is 9.69. The first-order valence-electron chi connectivity index (χ1n) is 33.3. The van der Waals surface area contributed by atoms with E-state index in [1.165, 1.54) is 0 Å². The number of aryl methyl sites for hydroxylation is 3. The van der Waals surface area contributed by atoms with Gasteiger partial charge in [-0.05, 0) is 154 Å². The van der Waals surface area contributed by atoms with Gasteiger partial charge in [0.1, 0.15) is 37.1 Å². The Balaban J connectivity index is 0.00000143. The molecule has 556 valence electrons. The fraction of sp³-hybridized carbons (Fsp3) is 0.667. The molecule has 0 radical (unpaired) electrons. The average molecular weight is 1390 g/mol. The number of hydrogen-bond donors (Lipinski definition) is 8. The van der Waals surface area contributed by atoms with Gasteiger partial charge in [0.25, 0.3) is 11.4 Å². The molecular weight excluding hydrogens is 1260 g/mol. The van der Waals surface area contributed by atoms with Crippen molar-refractivity contribution in [3.8, 4) is 17.2 Å². The predicted molar refractivity (Wildman–Crippen MR) is 380 cm³/mol. The number of carbonyl (C=O) groups is 6. The molecule has 0 saturated carbocycles. The number of amides is 3. The summed E-state index contributed by atoms with van der Waals surface area (Å²) in [6, 6.07) is 10.8. The Labute approximate surface area is 582 Å². The number of esters is 3. The second kappa shape index (κ2) is 43.1. The van der Waals surface area contributed by atoms with Crippen LogP contribution in [0.4, 0.5) is 11.4 Å². The highest BCUT2D eigenvalue weighted by atomic mass is 16.6. The van der Waals surface area contributed by atoms with E-state index in [4.69, 9.17) is 23.7 Å². The molecule has 0 fully saturated rings. The third-order valence-corrected chi connectivity index (χ3v) is 17.4. The van der Waals surface area contributed by atoms with Crippen molar-refractivity contribution >= 4 is 47.0 Å². The van der Waals surface area contributed by atoms with E-state index in [1.54, 1.807) is 80.9 Å². The highest BCUT2D eigenvalue weighted by Crippen LogP contribution is 2.41. The van der Waals surface area contributed by atoms with Crippen molar-refractivity contribution in [1.82, 2.24) is 31.5 Å². The normalized spacial score (nSPS) is 13.3. The SMILES string of the molecule is C.CCC(C)(CC(C)(C)C(=O)NCCc1cc(C)c(O)cc1[N+](=O)[O-])C(=O)OCCN(C)C.CCC(C)(CC(C)(C)C(=O)NCCc1cc(C)c(O)cc1[N+](=O)[O-])C(=O)OCCNCCOC.CCC(C)(CC(C)(C)C(=O)NCCc1ccc(O)c(C)c1)C(=O)OCCNCCOC. The number of nitro groups is 2. The standard InChI is InChI=1S/C24H39N3O7.C24H40N2O5.C23H37N3O6.CH4/c1-7-24(5,22(30)34-13-11-25-10-12-33-6)16-23(3,4)21(29)26-9-8-18-14-17(2)20(28)15-19(18)27(31)32;1-7-24(5,22(29)31-15-13-25-12-14-30-6)17-23(3,4)21(28)26-11-10-19-8-9-20(27)18(2)16-19;1-8-23(5,21(29)32-12-11-25(6)7)15-22(3,4)20(28)24-10-9-17-13-16(2)19(27)14-18(17)26(30)31;/h14-15,25,28H,7-13,16H2,1-6H3,(H,26,29);8-9,16,25,27H,7,10-15,17H2,1-6H3,(H,26,28);13-14,27H,8-12,15H2,1-7H3,(H,24,28);1H4. The molecule has 0 aliphatic heterocycles. The molecule has 3 unspecified atom stereocenters. The van der Waals surface area contributed by atoms with E-state index in [0.29, 0.717) is 120 Å². The molecule has 0 spiro atoms. The number of nitro benzene ring substituents is 2. The molecule has 0 bridgehead atoms. The molecule has 26 heteroatoms. The van der Waals surface area contributed by atoms with Gasteiger partial charge in [0, 0.05) is 93.9 Å².